The molecule has 4 aliphatic rings. The Hall–Kier alpha value is -4.11. The number of ether oxygens (including phenoxy) is 8. The van der Waals surface area contributed by atoms with Gasteiger partial charge in [-0.1, -0.05) is 0 Å². The quantitative estimate of drug-likeness (QED) is 0.0752. The molecule has 0 amide bonds. The van der Waals surface area contributed by atoms with E-state index < -0.39 is 188 Å². The van der Waals surface area contributed by atoms with Crippen molar-refractivity contribution in [3.63, 3.8) is 0 Å². The summed E-state index contributed by atoms with van der Waals surface area (Å²) in [6.45, 7) is -1.27. The third kappa shape index (κ3) is 9.43. The lowest BCUT2D eigenvalue weighted by atomic mass is 9.96. The van der Waals surface area contributed by atoms with Crippen molar-refractivity contribution in [3.05, 3.63) is 40.6 Å². The van der Waals surface area contributed by atoms with Crippen LogP contribution in [0.2, 0.25) is 0 Å². The first-order valence-electron chi connectivity index (χ1n) is 20.0. The summed E-state index contributed by atoms with van der Waals surface area (Å²) >= 11 is 0. The largest absolute Gasteiger partial charge is 0.508 e. The fourth-order valence-corrected chi connectivity index (χ4v) is 7.80. The Balaban J connectivity index is 1.08. The third-order valence-electron chi connectivity index (χ3n) is 11.5. The van der Waals surface area contributed by atoms with Crippen LogP contribution in [0, 0.1) is 0 Å². The minimum Gasteiger partial charge on any atom is -0.508 e. The van der Waals surface area contributed by atoms with Gasteiger partial charge in [0.1, 0.15) is 114 Å². The van der Waals surface area contributed by atoms with Crippen LogP contribution in [0.15, 0.2) is 39.5 Å². The minimum absolute atomic E-state index is 0.114. The highest BCUT2D eigenvalue weighted by Gasteiger charge is 2.54. The molecule has 4 fully saturated rings. The predicted octanol–water partition coefficient (Wildman–Crippen LogP) is -6.04. The van der Waals surface area contributed by atoms with Crippen LogP contribution in [0.5, 0.6) is 28.7 Å². The van der Waals surface area contributed by atoms with Gasteiger partial charge in [-0.3, -0.25) is 4.79 Å². The van der Waals surface area contributed by atoms with Crippen LogP contribution in [0.1, 0.15) is 6.92 Å². The molecule has 0 saturated carbocycles. The van der Waals surface area contributed by atoms with E-state index in [1.807, 2.05) is 0 Å². The van der Waals surface area contributed by atoms with Crippen molar-refractivity contribution >= 4 is 11.0 Å². The number of aliphatic hydroxyl groups is 12. The second kappa shape index (κ2) is 19.6. The van der Waals surface area contributed by atoms with E-state index in [1.54, 1.807) is 0 Å². The van der Waals surface area contributed by atoms with Gasteiger partial charge in [0.2, 0.25) is 17.5 Å². The molecule has 362 valence electrons. The standard InChI is InChI=1S/C39H50O26/c1-10-21(46)33(63-37-28(53)26(51)22(47)17(7-40)61-37)31(56)39(58-10)64-34-24(49)18(8-41)60-36(30(34)55)57-9-19-23(48)27(52)29(54)38(62-19)65-35-25(50)20-15(45)5-12(42)6-16(20)59-32(35)11-2-3-13(43)14(44)4-11/h2-6,10,17-19,21-24,26-31,33-34,36-49,51-56H,7-9H2,1H3/t10-,17+,18+,19+,21-,22+,23-,24+,26-,27-,28+,29+,30+,31+,33+,34-,36+,37-,38-,39-/m0/s1. The van der Waals surface area contributed by atoms with E-state index in [-0.39, 0.29) is 11.1 Å². The van der Waals surface area contributed by atoms with Crippen LogP contribution in [-0.4, -0.2) is 224 Å². The normalized spacial score (nSPS) is 40.2. The van der Waals surface area contributed by atoms with Gasteiger partial charge >= 0.3 is 0 Å². The monoisotopic (exact) mass is 934 g/mol. The fraction of sp³-hybridized carbons (Fsp3) is 0.615. The summed E-state index contributed by atoms with van der Waals surface area (Å²) in [7, 11) is 0. The lowest BCUT2D eigenvalue weighted by Gasteiger charge is -2.48. The maximum absolute atomic E-state index is 13.9. The highest BCUT2D eigenvalue weighted by molar-refractivity contribution is 5.88. The van der Waals surface area contributed by atoms with Crippen LogP contribution >= 0.6 is 0 Å². The molecular formula is C39H50O26. The molecule has 0 spiro atoms. The SMILES string of the molecule is C[C@@H]1O[C@@H](O[C@@H]2[C@@H](O)[C@H](OC[C@H]3O[C@@H](Oc4c(-c5ccc(O)c(O)c5)oc5cc(O)cc(O)c5c4=O)[C@H](O)[C@@H](O)[C@H]3O)O[C@H](CO)[C@H]2O)[C@H](O)[C@H](O[C@@H]2O[C@H](CO)[C@@H](O)[C@H](O)[C@H]2O)[C@H]1O. The van der Waals surface area contributed by atoms with Gasteiger partial charge in [-0.25, -0.2) is 0 Å². The smallest absolute Gasteiger partial charge is 0.239 e. The average molecular weight is 935 g/mol. The number of phenolic OH excluding ortho intramolecular Hbond substituents is 4. The van der Waals surface area contributed by atoms with E-state index in [9.17, 15) is 86.5 Å². The molecule has 5 heterocycles. The number of aliphatic hydroxyl groups excluding tert-OH is 12. The molecule has 26 heteroatoms. The Labute approximate surface area is 364 Å². The number of benzene rings is 2. The van der Waals surface area contributed by atoms with E-state index in [4.69, 9.17) is 42.3 Å². The van der Waals surface area contributed by atoms with Gasteiger partial charge in [-0.2, -0.15) is 0 Å². The zero-order valence-electron chi connectivity index (χ0n) is 33.8. The third-order valence-corrected chi connectivity index (χ3v) is 11.5. The molecule has 0 bridgehead atoms. The lowest BCUT2D eigenvalue weighted by molar-refractivity contribution is -0.380. The number of aromatic hydroxyl groups is 4. The molecule has 20 atom stereocenters. The number of hydrogen-bond acceptors (Lipinski definition) is 26. The topological polar surface area (TPSA) is 428 Å². The summed E-state index contributed by atoms with van der Waals surface area (Å²) in [6.07, 6.45) is -36.6. The zero-order chi connectivity index (χ0) is 47.3. The molecule has 1 aromatic heterocycles. The first-order chi connectivity index (χ1) is 30.7. The molecule has 3 aromatic rings. The number of fused-ring (bicyclic) bond motifs is 1. The molecule has 0 radical (unpaired) electrons. The second-order valence-corrected chi connectivity index (χ2v) is 15.9. The van der Waals surface area contributed by atoms with Crippen LogP contribution in [0.3, 0.4) is 0 Å². The van der Waals surface area contributed by atoms with Gasteiger partial charge in [0.15, 0.2) is 36.1 Å². The Morgan fingerprint density at radius 2 is 1.11 bits per heavy atom. The van der Waals surface area contributed by atoms with Crippen LogP contribution in [0.25, 0.3) is 22.3 Å². The van der Waals surface area contributed by atoms with Crippen molar-refractivity contribution < 1.29 is 124 Å². The highest BCUT2D eigenvalue weighted by Crippen LogP contribution is 2.40. The van der Waals surface area contributed by atoms with Gasteiger partial charge in [0.25, 0.3) is 0 Å². The minimum atomic E-state index is -2.12. The molecule has 0 aliphatic carbocycles. The zero-order valence-corrected chi connectivity index (χ0v) is 33.8. The van der Waals surface area contributed by atoms with Crippen LogP contribution < -0.4 is 10.2 Å². The molecule has 16 N–H and O–H groups in total. The van der Waals surface area contributed by atoms with E-state index in [2.05, 4.69) is 0 Å². The van der Waals surface area contributed by atoms with Crippen LogP contribution in [-0.2, 0) is 33.2 Å². The average Bonchev–Trinajstić information content (AvgIpc) is 3.27. The summed E-state index contributed by atoms with van der Waals surface area (Å²) in [4.78, 5) is 13.9. The molecule has 65 heavy (non-hydrogen) atoms. The van der Waals surface area contributed by atoms with E-state index in [0.717, 1.165) is 24.3 Å². The Kier molecular flexibility index (Phi) is 14.7. The molecule has 4 aliphatic heterocycles. The lowest BCUT2D eigenvalue weighted by Crippen LogP contribution is -2.66. The summed E-state index contributed by atoms with van der Waals surface area (Å²) in [5.74, 6) is -3.79. The summed E-state index contributed by atoms with van der Waals surface area (Å²) in [5, 5.41) is 168. The van der Waals surface area contributed by atoms with Gasteiger partial charge in [0, 0.05) is 17.7 Å². The van der Waals surface area contributed by atoms with E-state index >= 15 is 0 Å². The molecule has 7 rings (SSSR count). The fourth-order valence-electron chi connectivity index (χ4n) is 7.80. The summed E-state index contributed by atoms with van der Waals surface area (Å²) in [6, 6.07) is 4.99. The first kappa shape index (κ1) is 48.8. The predicted molar refractivity (Wildman–Crippen MR) is 205 cm³/mol. The van der Waals surface area contributed by atoms with Crippen molar-refractivity contribution in [1.82, 2.24) is 0 Å². The number of rotatable bonds is 12. The summed E-state index contributed by atoms with van der Waals surface area (Å²) in [5.41, 5.74) is -1.60. The maximum Gasteiger partial charge on any atom is 0.239 e. The first-order valence-corrected chi connectivity index (χ1v) is 20.0. The number of phenols is 4. The maximum atomic E-state index is 13.9. The highest BCUT2D eigenvalue weighted by atomic mass is 16.8. The van der Waals surface area contributed by atoms with Crippen LogP contribution in [0.4, 0.5) is 0 Å². The van der Waals surface area contributed by atoms with E-state index in [1.165, 1.54) is 13.0 Å². The molecule has 2 aromatic carbocycles. The molecule has 4 saturated heterocycles. The summed E-state index contributed by atoms with van der Waals surface area (Å²) < 4.78 is 50.8. The van der Waals surface area contributed by atoms with Crippen molar-refractivity contribution in [1.29, 1.82) is 0 Å². The number of hydrogen-bond donors (Lipinski definition) is 16. The Morgan fingerprint density at radius 1 is 0.554 bits per heavy atom. The van der Waals surface area contributed by atoms with Gasteiger partial charge in [-0.15, -0.1) is 0 Å². The molecule has 26 nitrogen and oxygen atoms in total. The van der Waals surface area contributed by atoms with Crippen molar-refractivity contribution in [2.75, 3.05) is 19.8 Å². The van der Waals surface area contributed by atoms with Gasteiger partial charge in [-0.05, 0) is 25.1 Å². The second-order valence-electron chi connectivity index (χ2n) is 15.9. The Bertz CT molecular complexity index is 2170. The Morgan fingerprint density at radius 3 is 1.75 bits per heavy atom. The molecule has 0 unspecified atom stereocenters. The van der Waals surface area contributed by atoms with Crippen molar-refractivity contribution in [2.24, 2.45) is 0 Å². The van der Waals surface area contributed by atoms with Gasteiger partial charge in [0.05, 0.1) is 25.9 Å². The van der Waals surface area contributed by atoms with Crippen molar-refractivity contribution in [2.45, 2.75) is 130 Å². The van der Waals surface area contributed by atoms with Crippen molar-refractivity contribution in [3.8, 4) is 40.1 Å². The van der Waals surface area contributed by atoms with E-state index in [0.29, 0.717) is 0 Å². The molecular weight excluding hydrogens is 884 g/mol. The van der Waals surface area contributed by atoms with Gasteiger partial charge < -0.3 is 124 Å².